The van der Waals surface area contributed by atoms with E-state index < -0.39 is 30.0 Å². The van der Waals surface area contributed by atoms with E-state index in [0.29, 0.717) is 23.7 Å². The minimum Gasteiger partial charge on any atom is -0.490 e. The lowest BCUT2D eigenvalue weighted by Gasteiger charge is -2.22. The quantitative estimate of drug-likeness (QED) is 0.265. The zero-order chi connectivity index (χ0) is 23.1. The van der Waals surface area contributed by atoms with E-state index in [1.807, 2.05) is 25.1 Å². The third kappa shape index (κ3) is 5.46. The predicted octanol–water partition coefficient (Wildman–Crippen LogP) is 3.03. The number of rotatable bonds is 10. The summed E-state index contributed by atoms with van der Waals surface area (Å²) in [5.41, 5.74) is 0.166. The molecular weight excluding hydrogens is 412 g/mol. The Morgan fingerprint density at radius 2 is 1.66 bits per heavy atom. The molecule has 1 N–H and O–H groups in total. The Kier molecular flexibility index (Phi) is 7.14. The number of benzene rings is 2. The Morgan fingerprint density at radius 3 is 2.31 bits per heavy atom. The number of hydrogen-bond donors (Lipinski definition) is 1. The van der Waals surface area contributed by atoms with Gasteiger partial charge in [-0.1, -0.05) is 36.9 Å². The van der Waals surface area contributed by atoms with Crippen molar-refractivity contribution in [1.82, 2.24) is 10.2 Å². The first kappa shape index (κ1) is 22.9. The van der Waals surface area contributed by atoms with Crippen LogP contribution in [0.1, 0.15) is 19.4 Å². The zero-order valence-electron chi connectivity index (χ0n) is 18.1. The van der Waals surface area contributed by atoms with Crippen LogP contribution in [0.5, 0.6) is 11.5 Å². The van der Waals surface area contributed by atoms with Gasteiger partial charge in [0.15, 0.2) is 0 Å². The van der Waals surface area contributed by atoms with Crippen LogP contribution in [-0.2, 0) is 19.9 Å². The minimum absolute atomic E-state index is 0.000288. The molecule has 3 rings (SSSR count). The summed E-state index contributed by atoms with van der Waals surface area (Å²) in [6, 6.07) is 15.3. The van der Waals surface area contributed by atoms with E-state index in [-0.39, 0.29) is 13.2 Å². The number of nitrogens with one attached hydrogen (secondary N) is 1. The van der Waals surface area contributed by atoms with Crippen LogP contribution in [0, 0.1) is 0 Å². The number of hydrogen-bond acceptors (Lipinski definition) is 6. The number of ether oxygens (including phenoxy) is 3. The molecule has 2 aromatic carbocycles. The van der Waals surface area contributed by atoms with Gasteiger partial charge in [0.1, 0.15) is 43.4 Å². The van der Waals surface area contributed by atoms with Crippen molar-refractivity contribution in [3.63, 3.8) is 0 Å². The van der Waals surface area contributed by atoms with Crippen LogP contribution in [-0.4, -0.2) is 49.2 Å². The fourth-order valence-corrected chi connectivity index (χ4v) is 3.13. The second-order valence-electron chi connectivity index (χ2n) is 7.60. The van der Waals surface area contributed by atoms with E-state index in [0.717, 1.165) is 10.5 Å². The van der Waals surface area contributed by atoms with Gasteiger partial charge < -0.3 is 19.5 Å². The summed E-state index contributed by atoms with van der Waals surface area (Å²) in [5, 5.41) is 2.66. The SMILES string of the molecule is C=C(C)COc1ccc(C2(C)NC(=O)N(CC(=O)OCCOc3ccccc3)C2=O)cc1. The van der Waals surface area contributed by atoms with E-state index in [2.05, 4.69) is 11.9 Å². The minimum atomic E-state index is -1.29. The van der Waals surface area contributed by atoms with Gasteiger partial charge >= 0.3 is 12.0 Å². The molecule has 2 aromatic rings. The topological polar surface area (TPSA) is 94.2 Å². The maximum Gasteiger partial charge on any atom is 0.326 e. The highest BCUT2D eigenvalue weighted by Crippen LogP contribution is 2.30. The average Bonchev–Trinajstić information content (AvgIpc) is 3.00. The molecule has 1 aliphatic heterocycles. The Bertz CT molecular complexity index is 989. The molecule has 8 nitrogen and oxygen atoms in total. The predicted molar refractivity (Wildman–Crippen MR) is 117 cm³/mol. The first-order valence-corrected chi connectivity index (χ1v) is 10.1. The number of para-hydroxylation sites is 1. The third-order valence-electron chi connectivity index (χ3n) is 4.84. The Labute approximate surface area is 186 Å². The number of carbonyl (C=O) groups excluding carboxylic acids is 3. The maximum atomic E-state index is 13.0. The molecule has 0 bridgehead atoms. The molecule has 0 spiro atoms. The molecule has 3 amide bonds. The second-order valence-corrected chi connectivity index (χ2v) is 7.60. The van der Waals surface area contributed by atoms with E-state index >= 15 is 0 Å². The van der Waals surface area contributed by atoms with Crippen LogP contribution in [0.2, 0.25) is 0 Å². The highest BCUT2D eigenvalue weighted by atomic mass is 16.6. The summed E-state index contributed by atoms with van der Waals surface area (Å²) in [4.78, 5) is 38.3. The Balaban J connectivity index is 1.54. The van der Waals surface area contributed by atoms with Crippen LogP contribution in [0.3, 0.4) is 0 Å². The molecule has 1 saturated heterocycles. The molecule has 1 unspecified atom stereocenters. The number of amides is 3. The molecule has 1 heterocycles. The van der Waals surface area contributed by atoms with Crippen molar-refractivity contribution in [3.05, 3.63) is 72.3 Å². The number of nitrogens with zero attached hydrogens (tertiary/aromatic N) is 1. The van der Waals surface area contributed by atoms with Gasteiger partial charge in [-0.3, -0.25) is 14.5 Å². The van der Waals surface area contributed by atoms with Gasteiger partial charge in [-0.05, 0) is 49.2 Å². The Morgan fingerprint density at radius 1 is 1.00 bits per heavy atom. The molecule has 32 heavy (non-hydrogen) atoms. The summed E-state index contributed by atoms with van der Waals surface area (Å²) in [7, 11) is 0. The fourth-order valence-electron chi connectivity index (χ4n) is 3.13. The van der Waals surface area contributed by atoms with Crippen LogP contribution in [0.4, 0.5) is 4.79 Å². The van der Waals surface area contributed by atoms with Crippen LogP contribution >= 0.6 is 0 Å². The molecule has 1 fully saturated rings. The highest BCUT2D eigenvalue weighted by Gasteiger charge is 2.49. The van der Waals surface area contributed by atoms with Gasteiger partial charge in [0, 0.05) is 0 Å². The van der Waals surface area contributed by atoms with E-state index in [1.165, 1.54) is 0 Å². The van der Waals surface area contributed by atoms with E-state index in [4.69, 9.17) is 14.2 Å². The van der Waals surface area contributed by atoms with Crippen molar-refractivity contribution in [1.29, 1.82) is 0 Å². The largest absolute Gasteiger partial charge is 0.490 e. The molecule has 8 heteroatoms. The first-order valence-electron chi connectivity index (χ1n) is 10.1. The van der Waals surface area contributed by atoms with E-state index in [1.54, 1.807) is 43.3 Å². The number of imide groups is 1. The molecule has 1 atom stereocenters. The number of urea groups is 1. The molecule has 0 saturated carbocycles. The van der Waals surface area contributed by atoms with Crippen molar-refractivity contribution in [2.45, 2.75) is 19.4 Å². The monoisotopic (exact) mass is 438 g/mol. The molecule has 0 aliphatic carbocycles. The normalized spacial score (nSPS) is 17.6. The standard InChI is InChI=1S/C24H26N2O6/c1-17(2)16-32-20-11-9-18(10-12-20)24(3)22(28)26(23(29)25-24)15-21(27)31-14-13-30-19-7-5-4-6-8-19/h4-12H,1,13-16H2,2-3H3,(H,25,29). The van der Waals surface area contributed by atoms with Gasteiger partial charge in [0.25, 0.3) is 5.91 Å². The fraction of sp³-hybridized carbons (Fsp3) is 0.292. The molecule has 0 radical (unpaired) electrons. The second kappa shape index (κ2) is 10.00. The van der Waals surface area contributed by atoms with Gasteiger partial charge in [-0.25, -0.2) is 4.79 Å². The number of carbonyl (C=O) groups is 3. The van der Waals surface area contributed by atoms with Gasteiger partial charge in [0.2, 0.25) is 0 Å². The summed E-state index contributed by atoms with van der Waals surface area (Å²) in [6.07, 6.45) is 0. The highest BCUT2D eigenvalue weighted by molar-refractivity contribution is 6.08. The third-order valence-corrected chi connectivity index (χ3v) is 4.84. The lowest BCUT2D eigenvalue weighted by Crippen LogP contribution is -2.41. The lowest BCUT2D eigenvalue weighted by atomic mass is 9.92. The van der Waals surface area contributed by atoms with Gasteiger partial charge in [-0.15, -0.1) is 0 Å². The summed E-state index contributed by atoms with van der Waals surface area (Å²) in [6.45, 7) is 7.30. The van der Waals surface area contributed by atoms with Crippen molar-refractivity contribution < 1.29 is 28.6 Å². The smallest absolute Gasteiger partial charge is 0.326 e. The molecule has 0 aromatic heterocycles. The van der Waals surface area contributed by atoms with Crippen molar-refractivity contribution in [2.24, 2.45) is 0 Å². The van der Waals surface area contributed by atoms with Crippen LogP contribution in [0.25, 0.3) is 0 Å². The van der Waals surface area contributed by atoms with Gasteiger partial charge in [0.05, 0.1) is 0 Å². The summed E-state index contributed by atoms with van der Waals surface area (Å²) in [5.74, 6) is 0.0493. The van der Waals surface area contributed by atoms with Crippen LogP contribution in [0.15, 0.2) is 66.7 Å². The van der Waals surface area contributed by atoms with E-state index in [9.17, 15) is 14.4 Å². The zero-order valence-corrected chi connectivity index (χ0v) is 18.1. The van der Waals surface area contributed by atoms with Crippen molar-refractivity contribution in [2.75, 3.05) is 26.4 Å². The lowest BCUT2D eigenvalue weighted by molar-refractivity contribution is -0.148. The van der Waals surface area contributed by atoms with Gasteiger partial charge in [-0.2, -0.15) is 0 Å². The Hall–Kier alpha value is -3.81. The van der Waals surface area contributed by atoms with Crippen molar-refractivity contribution in [3.8, 4) is 11.5 Å². The molecule has 1 aliphatic rings. The number of esters is 1. The molecule has 168 valence electrons. The first-order chi connectivity index (χ1) is 15.3. The summed E-state index contributed by atoms with van der Waals surface area (Å²) >= 11 is 0. The molecular formula is C24H26N2O6. The maximum absolute atomic E-state index is 13.0. The summed E-state index contributed by atoms with van der Waals surface area (Å²) < 4.78 is 16.1. The van der Waals surface area contributed by atoms with Crippen LogP contribution < -0.4 is 14.8 Å². The van der Waals surface area contributed by atoms with Crippen molar-refractivity contribution >= 4 is 17.9 Å². The average molecular weight is 438 g/mol.